The van der Waals surface area contributed by atoms with Gasteiger partial charge in [-0.25, -0.2) is 0 Å². The van der Waals surface area contributed by atoms with Gasteiger partial charge in [0.15, 0.2) is 7.85 Å². The van der Waals surface area contributed by atoms with Crippen LogP contribution in [-0.4, -0.2) is 31.5 Å². The molecule has 0 saturated carbocycles. The molecule has 0 heterocycles. The number of carbonyl (C=O) groups excluding carboxylic acids is 2. The van der Waals surface area contributed by atoms with Gasteiger partial charge in [-0.1, -0.05) is 13.8 Å². The topological polar surface area (TPSA) is 43.4 Å². The maximum absolute atomic E-state index is 11.3. The number of hydrogen-bond donors (Lipinski definition) is 0. The van der Waals surface area contributed by atoms with Crippen LogP contribution in [0.15, 0.2) is 0 Å². The molecule has 0 aliphatic carbocycles. The molecule has 0 unspecified atom stereocenters. The van der Waals surface area contributed by atoms with Crippen LogP contribution in [-0.2, 0) is 14.3 Å². The zero-order valence-electron chi connectivity index (χ0n) is 11.6. The Morgan fingerprint density at radius 1 is 1.12 bits per heavy atom. The van der Waals surface area contributed by atoms with E-state index >= 15 is 0 Å². The van der Waals surface area contributed by atoms with Crippen LogP contribution in [0.4, 0.5) is 0 Å². The molecule has 0 aromatic rings. The van der Waals surface area contributed by atoms with Crippen molar-refractivity contribution in [2.45, 2.75) is 59.5 Å². The highest BCUT2D eigenvalue weighted by atomic mass is 16.5. The predicted molar refractivity (Wildman–Crippen MR) is 69.1 cm³/mol. The van der Waals surface area contributed by atoms with E-state index < -0.39 is 0 Å². The third-order valence-electron chi connectivity index (χ3n) is 3.15. The number of ether oxygens (including phenoxy) is 1. The van der Waals surface area contributed by atoms with E-state index in [9.17, 15) is 9.59 Å². The number of hydrogen-bond acceptors (Lipinski definition) is 3. The first-order valence-electron chi connectivity index (χ1n) is 6.00. The maximum Gasteiger partial charge on any atom is 0.167 e. The fourth-order valence-electron chi connectivity index (χ4n) is 1.25. The first-order valence-corrected chi connectivity index (χ1v) is 6.00. The first-order chi connectivity index (χ1) is 7.57. The smallest absolute Gasteiger partial charge is 0.167 e. The lowest BCUT2D eigenvalue weighted by molar-refractivity contribution is -0.127. The van der Waals surface area contributed by atoms with Crippen LogP contribution in [0.25, 0.3) is 0 Å². The van der Waals surface area contributed by atoms with E-state index in [0.29, 0.717) is 25.9 Å². The number of Topliss-reactive ketones (excluding diaryl/α,β-unsaturated/α-hetero) is 1. The zero-order valence-corrected chi connectivity index (χ0v) is 11.6. The summed E-state index contributed by atoms with van der Waals surface area (Å²) in [6.07, 6.45) is 1.61. The largest absolute Gasteiger partial charge is 0.376 e. The standard InChI is InChI=1S/C13H23BO3/c1-10(15)12(2,3)8-9-17-13(4,5)7-6-11(14)16/h6-9H2,1-5H3. The Kier molecular flexibility index (Phi) is 6.10. The zero-order chi connectivity index (χ0) is 13.7. The minimum absolute atomic E-state index is 0.163. The molecule has 0 bridgehead atoms. The van der Waals surface area contributed by atoms with Crippen molar-refractivity contribution in [1.82, 2.24) is 0 Å². The molecule has 0 atom stereocenters. The lowest BCUT2D eigenvalue weighted by Gasteiger charge is -2.28. The summed E-state index contributed by atoms with van der Waals surface area (Å²) in [4.78, 5) is 22.0. The molecule has 0 saturated heterocycles. The van der Waals surface area contributed by atoms with Gasteiger partial charge in [-0.05, 0) is 40.0 Å². The normalized spacial score (nSPS) is 12.5. The minimum atomic E-state index is -0.373. The van der Waals surface area contributed by atoms with Gasteiger partial charge in [-0.15, -0.1) is 0 Å². The monoisotopic (exact) mass is 238 g/mol. The van der Waals surface area contributed by atoms with Crippen molar-refractivity contribution in [2.75, 3.05) is 6.61 Å². The Hall–Kier alpha value is -0.635. The first kappa shape index (κ1) is 16.4. The summed E-state index contributed by atoms with van der Waals surface area (Å²) in [5, 5.41) is 0. The van der Waals surface area contributed by atoms with Crippen LogP contribution in [0, 0.1) is 5.41 Å². The molecule has 96 valence electrons. The van der Waals surface area contributed by atoms with Gasteiger partial charge >= 0.3 is 0 Å². The highest BCUT2D eigenvalue weighted by molar-refractivity contribution is 6.57. The average molecular weight is 238 g/mol. The lowest BCUT2D eigenvalue weighted by Crippen LogP contribution is -2.29. The van der Waals surface area contributed by atoms with Gasteiger partial charge in [0.05, 0.1) is 11.3 Å². The number of carbonyl (C=O) groups is 2. The molecule has 17 heavy (non-hydrogen) atoms. The molecule has 0 N–H and O–H groups in total. The molecule has 0 aliphatic rings. The highest BCUT2D eigenvalue weighted by Crippen LogP contribution is 2.24. The summed E-state index contributed by atoms with van der Waals surface area (Å²) in [6.45, 7) is 9.79. The van der Waals surface area contributed by atoms with Gasteiger partial charge in [-0.2, -0.15) is 0 Å². The summed E-state index contributed by atoms with van der Waals surface area (Å²) >= 11 is 0. The van der Waals surface area contributed by atoms with Crippen molar-refractivity contribution in [3.63, 3.8) is 0 Å². The molecular weight excluding hydrogens is 215 g/mol. The molecule has 4 heteroatoms. The molecule has 3 nitrogen and oxygen atoms in total. The molecule has 0 aromatic heterocycles. The molecule has 0 rings (SSSR count). The van der Waals surface area contributed by atoms with Crippen LogP contribution in [0.5, 0.6) is 0 Å². The Bertz CT molecular complexity index is 282. The van der Waals surface area contributed by atoms with E-state index in [0.717, 1.165) is 0 Å². The van der Waals surface area contributed by atoms with Gasteiger partial charge in [0.1, 0.15) is 5.78 Å². The minimum Gasteiger partial charge on any atom is -0.376 e. The highest BCUT2D eigenvalue weighted by Gasteiger charge is 2.25. The Balaban J connectivity index is 4.02. The van der Waals surface area contributed by atoms with E-state index in [-0.39, 0.29) is 22.5 Å². The molecule has 0 aliphatic heterocycles. The Labute approximate surface area is 106 Å². The lowest BCUT2D eigenvalue weighted by atomic mass is 9.85. The molecule has 0 aromatic carbocycles. The summed E-state index contributed by atoms with van der Waals surface area (Å²) in [5.41, 5.74) is -1.03. The third kappa shape index (κ3) is 7.32. The second-order valence-electron chi connectivity index (χ2n) is 5.76. The van der Waals surface area contributed by atoms with Gasteiger partial charge in [0.25, 0.3) is 0 Å². The van der Waals surface area contributed by atoms with Crippen molar-refractivity contribution in [1.29, 1.82) is 0 Å². The molecule has 0 spiro atoms. The van der Waals surface area contributed by atoms with Crippen LogP contribution >= 0.6 is 0 Å². The summed E-state index contributed by atoms with van der Waals surface area (Å²) in [5.74, 6) is 0.163. The summed E-state index contributed by atoms with van der Waals surface area (Å²) in [7, 11) is 5.10. The Morgan fingerprint density at radius 2 is 1.65 bits per heavy atom. The fraction of sp³-hybridized carbons (Fsp3) is 0.846. The van der Waals surface area contributed by atoms with Gasteiger partial charge in [-0.3, -0.25) is 4.79 Å². The quantitative estimate of drug-likeness (QED) is 0.609. The van der Waals surface area contributed by atoms with Crippen molar-refractivity contribution >= 4 is 19.3 Å². The average Bonchev–Trinajstić information content (AvgIpc) is 2.14. The summed E-state index contributed by atoms with van der Waals surface area (Å²) < 4.78 is 5.71. The molecule has 0 amide bonds. The van der Waals surface area contributed by atoms with E-state index in [1.807, 2.05) is 27.7 Å². The van der Waals surface area contributed by atoms with E-state index in [1.54, 1.807) is 6.92 Å². The van der Waals surface area contributed by atoms with Crippen LogP contribution < -0.4 is 0 Å². The van der Waals surface area contributed by atoms with Crippen molar-refractivity contribution in [3.8, 4) is 0 Å². The van der Waals surface area contributed by atoms with Gasteiger partial charge < -0.3 is 9.53 Å². The van der Waals surface area contributed by atoms with Crippen molar-refractivity contribution in [2.24, 2.45) is 5.41 Å². The van der Waals surface area contributed by atoms with E-state index in [2.05, 4.69) is 0 Å². The second kappa shape index (κ2) is 6.34. The SMILES string of the molecule is [B]C(=O)CCC(C)(C)OCCC(C)(C)C(C)=O. The van der Waals surface area contributed by atoms with Crippen molar-refractivity contribution < 1.29 is 14.3 Å². The fourth-order valence-corrected chi connectivity index (χ4v) is 1.25. The van der Waals surface area contributed by atoms with Gasteiger partial charge in [0.2, 0.25) is 0 Å². The molecule has 0 fully saturated rings. The van der Waals surface area contributed by atoms with Crippen LogP contribution in [0.1, 0.15) is 53.9 Å². The third-order valence-corrected chi connectivity index (χ3v) is 3.15. The predicted octanol–water partition coefficient (Wildman–Crippen LogP) is 2.26. The Morgan fingerprint density at radius 3 is 2.06 bits per heavy atom. The van der Waals surface area contributed by atoms with Gasteiger partial charge in [0, 0.05) is 12.0 Å². The van der Waals surface area contributed by atoms with E-state index in [4.69, 9.17) is 12.6 Å². The van der Waals surface area contributed by atoms with E-state index in [1.165, 1.54) is 0 Å². The number of ketones is 1. The second-order valence-corrected chi connectivity index (χ2v) is 5.76. The maximum atomic E-state index is 11.3. The molecular formula is C13H23BO3. The summed E-state index contributed by atoms with van der Waals surface area (Å²) in [6, 6.07) is 0. The number of rotatable bonds is 8. The molecule has 2 radical (unpaired) electrons. The van der Waals surface area contributed by atoms with Crippen LogP contribution in [0.3, 0.4) is 0 Å². The van der Waals surface area contributed by atoms with Crippen molar-refractivity contribution in [3.05, 3.63) is 0 Å². The van der Waals surface area contributed by atoms with Crippen LogP contribution in [0.2, 0.25) is 0 Å².